The van der Waals surface area contributed by atoms with Crippen molar-refractivity contribution < 1.29 is 14.9 Å². The summed E-state index contributed by atoms with van der Waals surface area (Å²) in [6.07, 6.45) is 0.699. The quantitative estimate of drug-likeness (QED) is 0.752. The van der Waals surface area contributed by atoms with Crippen molar-refractivity contribution in [2.45, 2.75) is 69.8 Å². The first kappa shape index (κ1) is 19.1. The molecular weight excluding hydrogens is 301 g/mol. The molecule has 124 valence electrons. The van der Waals surface area contributed by atoms with E-state index in [4.69, 9.17) is 10.5 Å². The molecule has 0 spiro atoms. The van der Waals surface area contributed by atoms with Crippen LogP contribution in [0.15, 0.2) is 0 Å². The van der Waals surface area contributed by atoms with Crippen LogP contribution in [0, 0.1) is 22.7 Å². The number of rotatable bonds is 5. The van der Waals surface area contributed by atoms with Crippen molar-refractivity contribution >= 4 is 7.14 Å². The predicted molar refractivity (Wildman–Crippen MR) is 83.8 cm³/mol. The van der Waals surface area contributed by atoms with Crippen LogP contribution < -0.4 is 0 Å². The lowest BCUT2D eigenvalue weighted by atomic mass is 9.80. The predicted octanol–water partition coefficient (Wildman–Crippen LogP) is 2.91. The summed E-state index contributed by atoms with van der Waals surface area (Å²) >= 11 is 0. The van der Waals surface area contributed by atoms with Crippen LogP contribution in [0.5, 0.6) is 0 Å². The summed E-state index contributed by atoms with van der Waals surface area (Å²) in [5, 5.41) is 38.9. The summed E-state index contributed by atoms with van der Waals surface area (Å²) in [5.74, 6) is 0. The fourth-order valence-electron chi connectivity index (χ4n) is 3.69. The van der Waals surface area contributed by atoms with Gasteiger partial charge < -0.3 is 14.9 Å². The highest BCUT2D eigenvalue weighted by molar-refractivity contribution is 7.65. The fourth-order valence-corrected chi connectivity index (χ4v) is 7.02. The van der Waals surface area contributed by atoms with Crippen LogP contribution in [0.1, 0.15) is 53.4 Å². The molecular formula is C15H26N3O3P. The number of aliphatic hydroxyl groups is 1. The van der Waals surface area contributed by atoms with Crippen molar-refractivity contribution in [2.75, 3.05) is 12.3 Å². The third-order valence-electron chi connectivity index (χ3n) is 4.51. The average Bonchev–Trinajstić information content (AvgIpc) is 2.39. The number of piperidine rings is 1. The van der Waals surface area contributed by atoms with Gasteiger partial charge in [0.15, 0.2) is 0 Å². The first-order valence-corrected chi connectivity index (χ1v) is 9.56. The summed E-state index contributed by atoms with van der Waals surface area (Å²) in [4.78, 5) is 0. The molecule has 0 aromatic heterocycles. The molecule has 0 aromatic rings. The van der Waals surface area contributed by atoms with Gasteiger partial charge >= 0.3 is 0 Å². The molecule has 7 heteroatoms. The van der Waals surface area contributed by atoms with Gasteiger partial charge in [0, 0.05) is 49.1 Å². The van der Waals surface area contributed by atoms with Gasteiger partial charge in [-0.2, -0.15) is 15.6 Å². The van der Waals surface area contributed by atoms with Crippen molar-refractivity contribution in [3.8, 4) is 12.1 Å². The maximum Gasteiger partial charge on any atom is 0.121 e. The molecule has 1 rings (SSSR count). The maximum absolute atomic E-state index is 13.4. The van der Waals surface area contributed by atoms with Gasteiger partial charge in [-0.3, -0.25) is 0 Å². The van der Waals surface area contributed by atoms with Crippen molar-refractivity contribution in [1.29, 1.82) is 10.5 Å². The van der Waals surface area contributed by atoms with Crippen molar-refractivity contribution in [3.05, 3.63) is 0 Å². The van der Waals surface area contributed by atoms with Gasteiger partial charge in [-0.05, 0) is 27.7 Å². The third kappa shape index (κ3) is 3.53. The number of hydroxylamine groups is 2. The first-order chi connectivity index (χ1) is 9.94. The molecule has 0 aliphatic carbocycles. The van der Waals surface area contributed by atoms with E-state index in [1.807, 2.05) is 12.1 Å². The molecule has 0 atom stereocenters. The molecule has 1 aliphatic heterocycles. The zero-order valence-corrected chi connectivity index (χ0v) is 14.7. The third-order valence-corrected chi connectivity index (χ3v) is 8.23. The van der Waals surface area contributed by atoms with E-state index in [0.717, 1.165) is 0 Å². The number of hydrogen-bond acceptors (Lipinski definition) is 6. The molecule has 0 amide bonds. The lowest BCUT2D eigenvalue weighted by Gasteiger charge is -2.56. The minimum atomic E-state index is -3.15. The zero-order valence-electron chi connectivity index (χ0n) is 13.8. The lowest BCUT2D eigenvalue weighted by molar-refractivity contribution is -0.263. The summed E-state index contributed by atoms with van der Waals surface area (Å²) < 4.78 is 13.4. The van der Waals surface area contributed by atoms with E-state index < -0.39 is 23.6 Å². The van der Waals surface area contributed by atoms with E-state index in [1.165, 1.54) is 5.06 Å². The van der Waals surface area contributed by atoms with Crippen LogP contribution in [-0.2, 0) is 4.57 Å². The Morgan fingerprint density at radius 1 is 1.05 bits per heavy atom. The molecule has 1 aliphatic rings. The second-order valence-corrected chi connectivity index (χ2v) is 10.9. The molecule has 1 saturated heterocycles. The van der Waals surface area contributed by atoms with Crippen molar-refractivity contribution in [3.63, 3.8) is 0 Å². The Bertz CT molecular complexity index is 505. The van der Waals surface area contributed by atoms with Crippen molar-refractivity contribution in [1.82, 2.24) is 5.06 Å². The number of nitriles is 2. The maximum atomic E-state index is 13.4. The summed E-state index contributed by atoms with van der Waals surface area (Å²) in [5.41, 5.74) is -1.49. The largest absolute Gasteiger partial charge is 0.382 e. The Morgan fingerprint density at radius 2 is 1.41 bits per heavy atom. The van der Waals surface area contributed by atoms with Crippen LogP contribution in [-0.4, -0.2) is 44.1 Å². The highest BCUT2D eigenvalue weighted by atomic mass is 31.2. The van der Waals surface area contributed by atoms with Gasteiger partial charge in [-0.1, -0.05) is 0 Å². The first-order valence-electron chi connectivity index (χ1n) is 7.48. The fraction of sp³-hybridized carbons (Fsp3) is 0.867. The molecule has 0 bridgehead atoms. The Kier molecular flexibility index (Phi) is 5.48. The van der Waals surface area contributed by atoms with E-state index in [-0.39, 0.29) is 38.0 Å². The summed E-state index contributed by atoms with van der Waals surface area (Å²) in [6, 6.07) is 3.96. The van der Waals surface area contributed by atoms with Gasteiger partial charge in [0.2, 0.25) is 0 Å². The molecule has 0 radical (unpaired) electrons. The minimum Gasteiger partial charge on any atom is -0.382 e. The molecule has 0 unspecified atom stereocenters. The second-order valence-electron chi connectivity index (χ2n) is 7.43. The Labute approximate surface area is 132 Å². The van der Waals surface area contributed by atoms with Crippen molar-refractivity contribution in [2.24, 2.45) is 0 Å². The Hall–Kier alpha value is -0.910. The van der Waals surface area contributed by atoms with Gasteiger partial charge in [-0.15, -0.1) is 0 Å². The SMILES string of the molecule is CC1(C)CC(O)(P(=O)(CCC#N)CCC#N)CC(C)(C)N1O. The highest BCUT2D eigenvalue weighted by Crippen LogP contribution is 2.65. The van der Waals surface area contributed by atoms with Crippen LogP contribution in [0.4, 0.5) is 0 Å². The standard InChI is InChI=1S/C15H26N3O3P/c1-13(2)11-15(19,12-14(3,4)18(13)20)22(21,9-5-7-16)10-6-8-17/h19-20H,5-6,9-12H2,1-4H3. The molecule has 1 heterocycles. The highest BCUT2D eigenvalue weighted by Gasteiger charge is 2.58. The van der Waals surface area contributed by atoms with E-state index in [0.29, 0.717) is 0 Å². The topological polar surface area (TPSA) is 108 Å². The van der Waals surface area contributed by atoms with Crippen LogP contribution in [0.25, 0.3) is 0 Å². The number of nitrogens with zero attached hydrogens (tertiary/aromatic N) is 3. The average molecular weight is 327 g/mol. The molecule has 0 saturated carbocycles. The molecule has 6 nitrogen and oxygen atoms in total. The van der Waals surface area contributed by atoms with Crippen LogP contribution >= 0.6 is 7.14 Å². The normalized spacial score (nSPS) is 23.5. The number of hydrogen-bond donors (Lipinski definition) is 2. The molecule has 22 heavy (non-hydrogen) atoms. The van der Waals surface area contributed by atoms with Gasteiger partial charge in [-0.25, -0.2) is 0 Å². The molecule has 2 N–H and O–H groups in total. The van der Waals surface area contributed by atoms with E-state index in [1.54, 1.807) is 27.7 Å². The monoisotopic (exact) mass is 327 g/mol. The minimum absolute atomic E-state index is 0.0920. The zero-order chi connectivity index (χ0) is 17.2. The van der Waals surface area contributed by atoms with E-state index in [9.17, 15) is 14.9 Å². The van der Waals surface area contributed by atoms with Gasteiger partial charge in [0.1, 0.15) is 12.5 Å². The summed E-state index contributed by atoms with van der Waals surface area (Å²) in [6.45, 7) is 7.16. The van der Waals surface area contributed by atoms with Crippen LogP contribution in [0.3, 0.4) is 0 Å². The van der Waals surface area contributed by atoms with Gasteiger partial charge in [0.25, 0.3) is 0 Å². The Morgan fingerprint density at radius 3 is 1.73 bits per heavy atom. The smallest absolute Gasteiger partial charge is 0.121 e. The molecule has 1 fully saturated rings. The Balaban J connectivity index is 3.25. The van der Waals surface area contributed by atoms with Gasteiger partial charge in [0.05, 0.1) is 12.1 Å². The second kappa shape index (κ2) is 6.30. The van der Waals surface area contributed by atoms with E-state index >= 15 is 0 Å². The summed E-state index contributed by atoms with van der Waals surface area (Å²) in [7, 11) is -3.15. The molecule has 0 aromatic carbocycles. The van der Waals surface area contributed by atoms with Crippen LogP contribution in [0.2, 0.25) is 0 Å². The lowest BCUT2D eigenvalue weighted by Crippen LogP contribution is -2.64. The van der Waals surface area contributed by atoms with E-state index in [2.05, 4.69) is 0 Å².